The van der Waals surface area contributed by atoms with Gasteiger partial charge in [0.1, 0.15) is 12.4 Å². The number of ether oxygens (including phenoxy) is 3. The Morgan fingerprint density at radius 3 is 2.26 bits per heavy atom. The molecule has 100 valence electrons. The van der Waals surface area contributed by atoms with E-state index in [0.717, 1.165) is 11.3 Å². The SMILES string of the molecule is COc1ccc(COc2nc(Cl)nc(OC)n2)cc1. The Kier molecular flexibility index (Phi) is 4.35. The smallest absolute Gasteiger partial charge is 0.324 e. The molecule has 0 aliphatic rings. The Bertz CT molecular complexity index is 548. The van der Waals surface area contributed by atoms with Crippen LogP contribution in [-0.2, 0) is 6.61 Å². The number of nitrogens with zero attached hydrogens (tertiary/aromatic N) is 3. The van der Waals surface area contributed by atoms with Gasteiger partial charge in [0, 0.05) is 0 Å². The molecule has 0 saturated carbocycles. The van der Waals surface area contributed by atoms with Crippen LogP contribution in [0.25, 0.3) is 0 Å². The van der Waals surface area contributed by atoms with Crippen LogP contribution in [0.1, 0.15) is 5.56 Å². The first-order chi connectivity index (χ1) is 9.21. The van der Waals surface area contributed by atoms with Crippen molar-refractivity contribution in [3.8, 4) is 17.8 Å². The molecule has 7 heteroatoms. The Hall–Kier alpha value is -2.08. The molecule has 0 amide bonds. The molecule has 2 aromatic rings. The van der Waals surface area contributed by atoms with Gasteiger partial charge in [-0.3, -0.25) is 0 Å². The minimum Gasteiger partial charge on any atom is -0.497 e. The van der Waals surface area contributed by atoms with Crippen LogP contribution in [0.4, 0.5) is 0 Å². The van der Waals surface area contributed by atoms with E-state index in [0.29, 0.717) is 6.61 Å². The van der Waals surface area contributed by atoms with Crippen molar-refractivity contribution in [3.05, 3.63) is 35.1 Å². The zero-order chi connectivity index (χ0) is 13.7. The monoisotopic (exact) mass is 281 g/mol. The van der Waals surface area contributed by atoms with Crippen LogP contribution < -0.4 is 14.2 Å². The number of aromatic nitrogens is 3. The van der Waals surface area contributed by atoms with Gasteiger partial charge in [0.05, 0.1) is 14.2 Å². The molecule has 0 saturated heterocycles. The number of hydrogen-bond donors (Lipinski definition) is 0. The molecule has 0 aliphatic carbocycles. The zero-order valence-electron chi connectivity index (χ0n) is 10.5. The minimum absolute atomic E-state index is 0.0246. The van der Waals surface area contributed by atoms with Gasteiger partial charge in [0.2, 0.25) is 5.28 Å². The lowest BCUT2D eigenvalue weighted by Crippen LogP contribution is -2.02. The van der Waals surface area contributed by atoms with Crippen LogP contribution in [-0.4, -0.2) is 29.2 Å². The van der Waals surface area contributed by atoms with Crippen LogP contribution in [0.3, 0.4) is 0 Å². The summed E-state index contributed by atoms with van der Waals surface area (Å²) in [5.74, 6) is 0.786. The van der Waals surface area contributed by atoms with E-state index in [9.17, 15) is 0 Å². The van der Waals surface area contributed by atoms with Crippen molar-refractivity contribution in [1.82, 2.24) is 15.0 Å². The van der Waals surface area contributed by atoms with Crippen LogP contribution in [0, 0.1) is 0 Å². The zero-order valence-corrected chi connectivity index (χ0v) is 11.2. The molecule has 1 aromatic heterocycles. The fourth-order valence-electron chi connectivity index (χ4n) is 1.34. The summed E-state index contributed by atoms with van der Waals surface area (Å²) in [5, 5.41) is 0.0246. The van der Waals surface area contributed by atoms with Gasteiger partial charge in [-0.25, -0.2) is 0 Å². The molecule has 0 aliphatic heterocycles. The molecule has 0 N–H and O–H groups in total. The van der Waals surface area contributed by atoms with Crippen molar-refractivity contribution in [3.63, 3.8) is 0 Å². The lowest BCUT2D eigenvalue weighted by molar-refractivity contribution is 0.270. The predicted molar refractivity (Wildman–Crippen MR) is 68.7 cm³/mol. The van der Waals surface area contributed by atoms with E-state index < -0.39 is 0 Å². The summed E-state index contributed by atoms with van der Waals surface area (Å²) in [4.78, 5) is 11.5. The van der Waals surface area contributed by atoms with E-state index in [1.54, 1.807) is 7.11 Å². The fourth-order valence-corrected chi connectivity index (χ4v) is 1.48. The Morgan fingerprint density at radius 1 is 0.947 bits per heavy atom. The van der Waals surface area contributed by atoms with Gasteiger partial charge < -0.3 is 14.2 Å². The number of methoxy groups -OCH3 is 2. The van der Waals surface area contributed by atoms with E-state index >= 15 is 0 Å². The summed E-state index contributed by atoms with van der Waals surface area (Å²) >= 11 is 5.71. The predicted octanol–water partition coefficient (Wildman–Crippen LogP) is 2.12. The standard InChI is InChI=1S/C12H12ClN3O3/c1-17-9-5-3-8(4-6-9)7-19-12-15-10(13)14-11(16-12)18-2/h3-6H,7H2,1-2H3. The maximum Gasteiger partial charge on any atom is 0.324 e. The molecule has 19 heavy (non-hydrogen) atoms. The molecular weight excluding hydrogens is 270 g/mol. The topological polar surface area (TPSA) is 66.4 Å². The van der Waals surface area contributed by atoms with E-state index in [-0.39, 0.29) is 17.3 Å². The van der Waals surface area contributed by atoms with Gasteiger partial charge in [-0.1, -0.05) is 12.1 Å². The molecule has 0 radical (unpaired) electrons. The van der Waals surface area contributed by atoms with Gasteiger partial charge >= 0.3 is 12.0 Å². The first-order valence-corrected chi connectivity index (χ1v) is 5.80. The summed E-state index contributed by atoms with van der Waals surface area (Å²) in [6.45, 7) is 0.313. The quantitative estimate of drug-likeness (QED) is 0.836. The maximum absolute atomic E-state index is 5.71. The first-order valence-electron chi connectivity index (χ1n) is 5.42. The summed E-state index contributed by atoms with van der Waals surface area (Å²) in [7, 11) is 3.06. The molecule has 1 heterocycles. The molecule has 0 unspecified atom stereocenters. The molecular formula is C12H12ClN3O3. The second-order valence-corrected chi connectivity index (χ2v) is 3.85. The van der Waals surface area contributed by atoms with Crippen molar-refractivity contribution in [2.45, 2.75) is 6.61 Å². The second kappa shape index (κ2) is 6.19. The average Bonchev–Trinajstić information content (AvgIpc) is 2.45. The molecule has 0 atom stereocenters. The molecule has 1 aromatic carbocycles. The van der Waals surface area contributed by atoms with E-state index in [4.69, 9.17) is 25.8 Å². The van der Waals surface area contributed by atoms with E-state index in [1.165, 1.54) is 7.11 Å². The number of halogens is 1. The summed E-state index contributed by atoms with van der Waals surface area (Å²) in [5.41, 5.74) is 0.955. The largest absolute Gasteiger partial charge is 0.497 e. The third kappa shape index (κ3) is 3.69. The van der Waals surface area contributed by atoms with Crippen LogP contribution >= 0.6 is 11.6 Å². The fraction of sp³-hybridized carbons (Fsp3) is 0.250. The highest BCUT2D eigenvalue weighted by Crippen LogP contribution is 2.15. The highest BCUT2D eigenvalue weighted by atomic mass is 35.5. The van der Waals surface area contributed by atoms with Gasteiger partial charge in [0.25, 0.3) is 0 Å². The molecule has 0 bridgehead atoms. The molecule has 0 fully saturated rings. The highest BCUT2D eigenvalue weighted by Gasteiger charge is 2.06. The van der Waals surface area contributed by atoms with Gasteiger partial charge in [0.15, 0.2) is 0 Å². The van der Waals surface area contributed by atoms with E-state index in [1.807, 2.05) is 24.3 Å². The third-order valence-corrected chi connectivity index (χ3v) is 2.45. The van der Waals surface area contributed by atoms with Gasteiger partial charge in [-0.15, -0.1) is 4.98 Å². The van der Waals surface area contributed by atoms with Crippen molar-refractivity contribution in [2.75, 3.05) is 14.2 Å². The highest BCUT2D eigenvalue weighted by molar-refractivity contribution is 6.28. The minimum atomic E-state index is 0.0246. The van der Waals surface area contributed by atoms with Gasteiger partial charge in [-0.2, -0.15) is 9.97 Å². The second-order valence-electron chi connectivity index (χ2n) is 3.51. The third-order valence-electron chi connectivity index (χ3n) is 2.28. The van der Waals surface area contributed by atoms with Gasteiger partial charge in [-0.05, 0) is 29.3 Å². The Balaban J connectivity index is 2.03. The van der Waals surface area contributed by atoms with Crippen LogP contribution in [0.2, 0.25) is 5.28 Å². The number of benzene rings is 1. The lowest BCUT2D eigenvalue weighted by Gasteiger charge is -2.06. The maximum atomic E-state index is 5.71. The summed E-state index contributed by atoms with van der Waals surface area (Å²) < 4.78 is 15.4. The normalized spacial score (nSPS) is 10.1. The van der Waals surface area contributed by atoms with Crippen molar-refractivity contribution < 1.29 is 14.2 Å². The van der Waals surface area contributed by atoms with E-state index in [2.05, 4.69) is 15.0 Å². The van der Waals surface area contributed by atoms with Crippen molar-refractivity contribution in [2.24, 2.45) is 0 Å². The Morgan fingerprint density at radius 2 is 1.63 bits per heavy atom. The lowest BCUT2D eigenvalue weighted by atomic mass is 10.2. The number of hydrogen-bond acceptors (Lipinski definition) is 6. The van der Waals surface area contributed by atoms with Crippen LogP contribution in [0.15, 0.2) is 24.3 Å². The first kappa shape index (κ1) is 13.4. The van der Waals surface area contributed by atoms with Crippen molar-refractivity contribution >= 4 is 11.6 Å². The molecule has 6 nitrogen and oxygen atoms in total. The average molecular weight is 282 g/mol. The Labute approximate surface area is 115 Å². The molecule has 2 rings (SSSR count). The molecule has 0 spiro atoms. The summed E-state index contributed by atoms with van der Waals surface area (Å²) in [6.07, 6.45) is 0. The number of rotatable bonds is 5. The summed E-state index contributed by atoms with van der Waals surface area (Å²) in [6, 6.07) is 7.70. The van der Waals surface area contributed by atoms with Crippen LogP contribution in [0.5, 0.6) is 17.8 Å². The van der Waals surface area contributed by atoms with Crippen molar-refractivity contribution in [1.29, 1.82) is 0 Å².